The number of likely N-dealkylation sites (N-methyl/N-ethyl adjacent to an activating group) is 1. The van der Waals surface area contributed by atoms with Gasteiger partial charge in [-0.05, 0) is 26.2 Å². The Labute approximate surface area is 92.3 Å². The molecule has 0 aliphatic rings. The molecule has 1 N–H and O–H groups in total. The molecule has 0 amide bonds. The molecule has 0 saturated carbocycles. The molecule has 3 nitrogen and oxygen atoms in total. The van der Waals surface area contributed by atoms with Crippen LogP contribution in [0.25, 0.3) is 0 Å². The normalized spacial score (nSPS) is 11.8. The molecule has 16 heavy (non-hydrogen) atoms. The maximum atomic E-state index is 13.6. The molecule has 5 heteroatoms. The molecule has 0 aromatic heterocycles. The molecule has 0 atom stereocenters. The molecule has 0 aliphatic heterocycles. The lowest BCUT2D eigenvalue weighted by Crippen LogP contribution is -2.29. The van der Waals surface area contributed by atoms with Gasteiger partial charge in [0.05, 0.1) is 12.1 Å². The van der Waals surface area contributed by atoms with Crippen molar-refractivity contribution in [1.82, 2.24) is 4.90 Å². The summed E-state index contributed by atoms with van der Waals surface area (Å²) in [6.45, 7) is -0.403. The molecule has 1 rings (SSSR count). The minimum absolute atomic E-state index is 0.00408. The first-order valence-electron chi connectivity index (χ1n) is 4.69. The first kappa shape index (κ1) is 12.6. The van der Waals surface area contributed by atoms with E-state index in [-0.39, 0.29) is 11.1 Å². The Morgan fingerprint density at radius 1 is 1.31 bits per heavy atom. The molecule has 0 spiro atoms. The van der Waals surface area contributed by atoms with Crippen molar-refractivity contribution in [2.45, 2.75) is 5.92 Å². The fourth-order valence-corrected chi connectivity index (χ4v) is 1.35. The molecule has 88 valence electrons. The Hall–Kier alpha value is -1.49. The van der Waals surface area contributed by atoms with E-state index in [4.69, 9.17) is 5.11 Å². The Kier molecular flexibility index (Phi) is 3.59. The van der Waals surface area contributed by atoms with Crippen molar-refractivity contribution in [1.29, 1.82) is 0 Å². The molecule has 0 fully saturated rings. The number of carboxylic acids is 1. The summed E-state index contributed by atoms with van der Waals surface area (Å²) in [5.41, 5.74) is -0.171. The van der Waals surface area contributed by atoms with Gasteiger partial charge < -0.3 is 10.0 Å². The van der Waals surface area contributed by atoms with Crippen LogP contribution in [0.3, 0.4) is 0 Å². The van der Waals surface area contributed by atoms with Gasteiger partial charge in [-0.25, -0.2) is 4.79 Å². The Morgan fingerprint density at radius 3 is 2.19 bits per heavy atom. The highest BCUT2D eigenvalue weighted by Gasteiger charge is 2.32. The lowest BCUT2D eigenvalue weighted by atomic mass is 10.1. The molecule has 0 saturated heterocycles. The van der Waals surface area contributed by atoms with E-state index < -0.39 is 18.4 Å². The van der Waals surface area contributed by atoms with Crippen molar-refractivity contribution in [3.05, 3.63) is 35.4 Å². The summed E-state index contributed by atoms with van der Waals surface area (Å²) in [5.74, 6) is -4.09. The molecular formula is C11H13F2NO2. The zero-order valence-corrected chi connectivity index (χ0v) is 9.08. The van der Waals surface area contributed by atoms with Gasteiger partial charge in [-0.15, -0.1) is 0 Å². The van der Waals surface area contributed by atoms with Gasteiger partial charge >= 0.3 is 5.97 Å². The lowest BCUT2D eigenvalue weighted by Gasteiger charge is -2.20. The van der Waals surface area contributed by atoms with E-state index in [1.54, 1.807) is 14.1 Å². The molecule has 0 aliphatic carbocycles. The smallest absolute Gasteiger partial charge is 0.335 e. The topological polar surface area (TPSA) is 40.5 Å². The number of hydrogen-bond donors (Lipinski definition) is 1. The Morgan fingerprint density at radius 2 is 1.81 bits per heavy atom. The average molecular weight is 229 g/mol. The van der Waals surface area contributed by atoms with E-state index in [9.17, 15) is 13.6 Å². The van der Waals surface area contributed by atoms with Gasteiger partial charge in [-0.2, -0.15) is 8.78 Å². The van der Waals surface area contributed by atoms with Crippen LogP contribution in [0.1, 0.15) is 15.9 Å². The standard InChI is InChI=1S/C11H13F2NO2/c1-14(2)7-11(12,13)9-5-3-8(4-6-9)10(15)16/h3-6H,7H2,1-2H3,(H,15,16). The molecule has 1 aromatic rings. The predicted octanol–water partition coefficient (Wildman–Crippen LogP) is 2.04. The first-order chi connectivity index (χ1) is 7.33. The van der Waals surface area contributed by atoms with Crippen molar-refractivity contribution in [2.75, 3.05) is 20.6 Å². The Bertz CT molecular complexity index is 374. The largest absolute Gasteiger partial charge is 0.478 e. The minimum Gasteiger partial charge on any atom is -0.478 e. The highest BCUT2D eigenvalue weighted by Crippen LogP contribution is 2.28. The zero-order chi connectivity index (χ0) is 12.3. The van der Waals surface area contributed by atoms with E-state index in [1.807, 2.05) is 0 Å². The molecule has 0 radical (unpaired) electrons. The van der Waals surface area contributed by atoms with Crippen molar-refractivity contribution in [3.8, 4) is 0 Å². The van der Waals surface area contributed by atoms with E-state index in [0.717, 1.165) is 12.1 Å². The van der Waals surface area contributed by atoms with Crippen LogP contribution in [0.4, 0.5) is 8.78 Å². The van der Waals surface area contributed by atoms with Gasteiger partial charge in [-0.1, -0.05) is 12.1 Å². The van der Waals surface area contributed by atoms with Gasteiger partial charge in [0.2, 0.25) is 0 Å². The average Bonchev–Trinajstić information content (AvgIpc) is 2.16. The molecule has 0 heterocycles. The van der Waals surface area contributed by atoms with Crippen molar-refractivity contribution < 1.29 is 18.7 Å². The second kappa shape index (κ2) is 4.57. The van der Waals surface area contributed by atoms with E-state index >= 15 is 0 Å². The lowest BCUT2D eigenvalue weighted by molar-refractivity contribution is -0.0270. The summed E-state index contributed by atoms with van der Waals surface area (Å²) in [6, 6.07) is 4.66. The van der Waals surface area contributed by atoms with Gasteiger partial charge in [0.15, 0.2) is 0 Å². The molecule has 0 bridgehead atoms. The van der Waals surface area contributed by atoms with Crippen molar-refractivity contribution >= 4 is 5.97 Å². The fraction of sp³-hybridized carbons (Fsp3) is 0.364. The molecular weight excluding hydrogens is 216 g/mol. The van der Waals surface area contributed by atoms with Gasteiger partial charge in [0.25, 0.3) is 5.92 Å². The number of rotatable bonds is 4. The van der Waals surface area contributed by atoms with Crippen LogP contribution in [0, 0.1) is 0 Å². The summed E-state index contributed by atoms with van der Waals surface area (Å²) in [7, 11) is 3.11. The summed E-state index contributed by atoms with van der Waals surface area (Å²) in [5, 5.41) is 8.63. The molecule has 0 unspecified atom stereocenters. The van der Waals surface area contributed by atoms with Crippen LogP contribution >= 0.6 is 0 Å². The number of alkyl halides is 2. The third-order valence-corrected chi connectivity index (χ3v) is 2.07. The second-order valence-corrected chi connectivity index (χ2v) is 3.82. The van der Waals surface area contributed by atoms with E-state index in [0.29, 0.717) is 0 Å². The third kappa shape index (κ3) is 3.00. The van der Waals surface area contributed by atoms with Crippen LogP contribution in [0.15, 0.2) is 24.3 Å². The number of carbonyl (C=O) groups is 1. The fourth-order valence-electron chi connectivity index (χ4n) is 1.35. The summed E-state index contributed by atoms with van der Waals surface area (Å²) in [6.07, 6.45) is 0. The zero-order valence-electron chi connectivity index (χ0n) is 9.08. The maximum Gasteiger partial charge on any atom is 0.335 e. The Balaban J connectivity index is 2.92. The summed E-state index contributed by atoms with van der Waals surface area (Å²) in [4.78, 5) is 11.9. The quantitative estimate of drug-likeness (QED) is 0.858. The van der Waals surface area contributed by atoms with E-state index in [1.165, 1.54) is 17.0 Å². The third-order valence-electron chi connectivity index (χ3n) is 2.07. The number of benzene rings is 1. The highest BCUT2D eigenvalue weighted by molar-refractivity contribution is 5.87. The molecule has 1 aromatic carbocycles. The predicted molar refractivity (Wildman–Crippen MR) is 55.8 cm³/mol. The number of halogens is 2. The van der Waals surface area contributed by atoms with Crippen molar-refractivity contribution in [3.63, 3.8) is 0 Å². The van der Waals surface area contributed by atoms with Crippen LogP contribution in [0.5, 0.6) is 0 Å². The maximum absolute atomic E-state index is 13.6. The highest BCUT2D eigenvalue weighted by atomic mass is 19.3. The number of hydrogen-bond acceptors (Lipinski definition) is 2. The monoisotopic (exact) mass is 229 g/mol. The van der Waals surface area contributed by atoms with Gasteiger partial charge in [0, 0.05) is 5.56 Å². The van der Waals surface area contributed by atoms with Gasteiger partial charge in [-0.3, -0.25) is 0 Å². The summed E-state index contributed by atoms with van der Waals surface area (Å²) >= 11 is 0. The number of carboxylic acid groups (broad SMARTS) is 1. The second-order valence-electron chi connectivity index (χ2n) is 3.82. The summed E-state index contributed by atoms with van der Waals surface area (Å²) < 4.78 is 27.1. The van der Waals surface area contributed by atoms with Crippen LogP contribution in [-0.2, 0) is 5.92 Å². The number of nitrogens with zero attached hydrogens (tertiary/aromatic N) is 1. The van der Waals surface area contributed by atoms with Crippen molar-refractivity contribution in [2.24, 2.45) is 0 Å². The SMILES string of the molecule is CN(C)CC(F)(F)c1ccc(C(=O)O)cc1. The van der Waals surface area contributed by atoms with E-state index in [2.05, 4.69) is 0 Å². The van der Waals surface area contributed by atoms with Gasteiger partial charge in [0.1, 0.15) is 0 Å². The van der Waals surface area contributed by atoms with Crippen LogP contribution in [-0.4, -0.2) is 36.6 Å². The minimum atomic E-state index is -2.97. The first-order valence-corrected chi connectivity index (χ1v) is 4.69. The van der Waals surface area contributed by atoms with Crippen LogP contribution in [0.2, 0.25) is 0 Å². The number of aromatic carboxylic acids is 1. The van der Waals surface area contributed by atoms with Crippen LogP contribution < -0.4 is 0 Å².